The van der Waals surface area contributed by atoms with Crippen molar-refractivity contribution >= 4 is 5.97 Å². The molecule has 2 saturated heterocycles. The number of hydrogen-bond acceptors (Lipinski definition) is 9. The minimum Gasteiger partial charge on any atom is -0.465 e. The molecule has 4 saturated carbocycles. The van der Waals surface area contributed by atoms with Gasteiger partial charge in [0, 0.05) is 29.1 Å². The largest absolute Gasteiger partial charge is 0.465 e. The maximum atomic E-state index is 12.2. The van der Waals surface area contributed by atoms with Crippen molar-refractivity contribution in [3.63, 3.8) is 0 Å². The van der Waals surface area contributed by atoms with Gasteiger partial charge >= 0.3 is 5.97 Å². The van der Waals surface area contributed by atoms with Crippen molar-refractivity contribution in [3.05, 3.63) is 12.2 Å². The van der Waals surface area contributed by atoms with Crippen LogP contribution >= 0.6 is 0 Å². The molecule has 47 heavy (non-hydrogen) atoms. The van der Waals surface area contributed by atoms with Crippen LogP contribution in [0.15, 0.2) is 12.2 Å². The highest BCUT2D eigenvalue weighted by Crippen LogP contribution is 2.79. The van der Waals surface area contributed by atoms with E-state index < -0.39 is 53.9 Å². The first-order chi connectivity index (χ1) is 21.8. The molecule has 0 aromatic rings. The standard InChI is InChI=1S/C38H60O9/c1-21-28(41)29(42)30(43)31(46-21)47-27-11-12-33(5)23(34(27,6)19-44-22(2)39)9-13-35(7)24(33)10-14-38-25-17-32(3,4)15-16-37(25,20-45-38)26(40)18-36(35,38)8/h10,14,21,23-31,40-43H,9,11-13,15-20H2,1-8H3/t21-,23-,24-,25-,26+,27+,28+,29+,30-,31+,33+,34+,35-,36+,37-,38+/m1/s1. The second-order valence-electron chi connectivity index (χ2n) is 18.8. The topological polar surface area (TPSA) is 135 Å². The van der Waals surface area contributed by atoms with Crippen LogP contribution in [-0.2, 0) is 23.7 Å². The second kappa shape index (κ2) is 10.7. The number of aliphatic hydroxyl groups excluding tert-OH is 4. The third-order valence-corrected chi connectivity index (χ3v) is 16.1. The Balaban J connectivity index is 1.25. The van der Waals surface area contributed by atoms with E-state index in [1.807, 2.05) is 0 Å². The van der Waals surface area contributed by atoms with E-state index in [9.17, 15) is 25.2 Å². The van der Waals surface area contributed by atoms with Gasteiger partial charge in [0.25, 0.3) is 0 Å². The molecule has 9 heteroatoms. The summed E-state index contributed by atoms with van der Waals surface area (Å²) in [5.41, 5.74) is -1.54. The molecule has 0 amide bonds. The second-order valence-corrected chi connectivity index (χ2v) is 18.8. The molecule has 2 heterocycles. The molecule has 0 unspecified atom stereocenters. The molecule has 2 aliphatic heterocycles. The third-order valence-electron chi connectivity index (χ3n) is 16.1. The molecule has 7 rings (SSSR count). The van der Waals surface area contributed by atoms with Gasteiger partial charge in [-0.3, -0.25) is 4.79 Å². The number of allylic oxidation sites excluding steroid dienone is 1. The fraction of sp³-hybridized carbons (Fsp3) is 0.921. The maximum absolute atomic E-state index is 12.2. The summed E-state index contributed by atoms with van der Waals surface area (Å²) in [4.78, 5) is 12.2. The van der Waals surface area contributed by atoms with Gasteiger partial charge in [-0.1, -0.05) is 53.7 Å². The fourth-order valence-corrected chi connectivity index (χ4v) is 13.1. The van der Waals surface area contributed by atoms with E-state index in [-0.39, 0.29) is 57.4 Å². The Morgan fingerprint density at radius 2 is 1.62 bits per heavy atom. The molecule has 16 atom stereocenters. The van der Waals surface area contributed by atoms with Crippen LogP contribution in [0.25, 0.3) is 0 Å². The SMILES string of the molecule is CC(=O)OC[C@@]1(C)[C@@H]2CC[C@]3(C)[C@H](C=C[C@]45OC[C@@]6(CCC(C)(C)C[C@H]64)[C@@H](O)C[C@]53C)[C@@]2(C)CC[C@@H]1O[C@@H]1O[C@H](C)[C@H](O)[C@H](O)[C@H]1O. The Labute approximate surface area is 280 Å². The Morgan fingerprint density at radius 3 is 2.32 bits per heavy atom. The number of hydrogen-bond donors (Lipinski definition) is 4. The van der Waals surface area contributed by atoms with Gasteiger partial charge in [-0.05, 0) is 86.4 Å². The van der Waals surface area contributed by atoms with Crippen molar-refractivity contribution in [1.29, 1.82) is 0 Å². The van der Waals surface area contributed by atoms with Gasteiger partial charge < -0.3 is 39.4 Å². The molecule has 9 nitrogen and oxygen atoms in total. The van der Waals surface area contributed by atoms with E-state index in [0.717, 1.165) is 44.9 Å². The lowest BCUT2D eigenvalue weighted by Crippen LogP contribution is -2.72. The lowest BCUT2D eigenvalue weighted by atomic mass is 9.32. The van der Waals surface area contributed by atoms with Gasteiger partial charge in [-0.15, -0.1) is 0 Å². The van der Waals surface area contributed by atoms with Crippen molar-refractivity contribution < 1.29 is 44.2 Å². The summed E-state index contributed by atoms with van der Waals surface area (Å²) >= 11 is 0. The van der Waals surface area contributed by atoms with Crippen LogP contribution in [-0.4, -0.2) is 88.1 Å². The van der Waals surface area contributed by atoms with Gasteiger partial charge in [-0.25, -0.2) is 0 Å². The van der Waals surface area contributed by atoms with Crippen LogP contribution in [0, 0.1) is 50.2 Å². The van der Waals surface area contributed by atoms with Crippen molar-refractivity contribution in [2.75, 3.05) is 13.2 Å². The number of ether oxygens (including phenoxy) is 4. The van der Waals surface area contributed by atoms with Crippen molar-refractivity contribution in [2.45, 2.75) is 155 Å². The first-order valence-electron chi connectivity index (χ1n) is 18.3. The lowest BCUT2D eigenvalue weighted by Gasteiger charge is -2.73. The number of carbonyl (C=O) groups excluding carboxylic acids is 1. The molecule has 2 bridgehead atoms. The van der Waals surface area contributed by atoms with Gasteiger partial charge in [0.1, 0.15) is 18.3 Å². The molecule has 7 aliphatic rings. The average Bonchev–Trinajstić information content (AvgIpc) is 3.27. The molecule has 6 fully saturated rings. The van der Waals surface area contributed by atoms with E-state index in [1.54, 1.807) is 6.92 Å². The highest BCUT2D eigenvalue weighted by atomic mass is 16.7. The van der Waals surface area contributed by atoms with Crippen LogP contribution in [0.3, 0.4) is 0 Å². The number of aliphatic hydroxyl groups is 4. The molecule has 0 radical (unpaired) electrons. The molecule has 5 aliphatic carbocycles. The first-order valence-corrected chi connectivity index (χ1v) is 18.3. The van der Waals surface area contributed by atoms with Crippen LogP contribution in [0.2, 0.25) is 0 Å². The minimum atomic E-state index is -1.40. The number of rotatable bonds is 4. The number of carbonyl (C=O) groups is 1. The number of esters is 1. The zero-order valence-electron chi connectivity index (χ0n) is 29.8. The Hall–Kier alpha value is -1.07. The molecule has 266 valence electrons. The average molecular weight is 661 g/mol. The van der Waals surface area contributed by atoms with Gasteiger partial charge in [-0.2, -0.15) is 0 Å². The summed E-state index contributed by atoms with van der Waals surface area (Å²) < 4.78 is 25.4. The summed E-state index contributed by atoms with van der Waals surface area (Å²) in [6, 6.07) is 0. The molecule has 0 aromatic carbocycles. The van der Waals surface area contributed by atoms with E-state index in [4.69, 9.17) is 18.9 Å². The zero-order chi connectivity index (χ0) is 34.2. The van der Waals surface area contributed by atoms with E-state index in [2.05, 4.69) is 53.7 Å². The predicted molar refractivity (Wildman–Crippen MR) is 174 cm³/mol. The van der Waals surface area contributed by atoms with E-state index in [1.165, 1.54) is 6.92 Å². The zero-order valence-corrected chi connectivity index (χ0v) is 29.8. The summed E-state index contributed by atoms with van der Waals surface area (Å²) in [7, 11) is 0. The highest BCUT2D eigenvalue weighted by Gasteiger charge is 2.79. The Morgan fingerprint density at radius 1 is 0.894 bits per heavy atom. The lowest BCUT2D eigenvalue weighted by molar-refractivity contribution is -0.329. The molecule has 1 spiro atoms. The van der Waals surface area contributed by atoms with Crippen LogP contribution < -0.4 is 0 Å². The van der Waals surface area contributed by atoms with Crippen molar-refractivity contribution in [2.24, 2.45) is 50.2 Å². The van der Waals surface area contributed by atoms with Crippen LogP contribution in [0.1, 0.15) is 107 Å². The van der Waals surface area contributed by atoms with Crippen molar-refractivity contribution in [3.8, 4) is 0 Å². The van der Waals surface area contributed by atoms with Gasteiger partial charge in [0.15, 0.2) is 6.29 Å². The van der Waals surface area contributed by atoms with Crippen LogP contribution in [0.4, 0.5) is 0 Å². The third kappa shape index (κ3) is 4.42. The predicted octanol–water partition coefficient (Wildman–Crippen LogP) is 4.52. The van der Waals surface area contributed by atoms with Gasteiger partial charge in [0.2, 0.25) is 0 Å². The molecule has 4 N–H and O–H groups in total. The monoisotopic (exact) mass is 660 g/mol. The molecular weight excluding hydrogens is 600 g/mol. The van der Waals surface area contributed by atoms with Crippen LogP contribution in [0.5, 0.6) is 0 Å². The summed E-state index contributed by atoms with van der Waals surface area (Å²) in [6.07, 6.45) is 5.59. The Bertz CT molecular complexity index is 1300. The summed E-state index contributed by atoms with van der Waals surface area (Å²) in [6.45, 7) is 18.1. The highest BCUT2D eigenvalue weighted by molar-refractivity contribution is 5.66. The Kier molecular flexibility index (Phi) is 7.84. The fourth-order valence-electron chi connectivity index (χ4n) is 13.1. The smallest absolute Gasteiger partial charge is 0.302 e. The van der Waals surface area contributed by atoms with Gasteiger partial charge in [0.05, 0.1) is 37.1 Å². The molecular formula is C38H60O9. The summed E-state index contributed by atoms with van der Waals surface area (Å²) in [5, 5.41) is 43.7. The molecule has 0 aromatic heterocycles. The number of fused-ring (bicyclic) bond motifs is 4. The normalized spacial score (nSPS) is 57.7. The summed E-state index contributed by atoms with van der Waals surface area (Å²) in [5.74, 6) is 0.256. The van der Waals surface area contributed by atoms with Crippen molar-refractivity contribution in [1.82, 2.24) is 0 Å². The first kappa shape index (κ1) is 34.4. The van der Waals surface area contributed by atoms with E-state index in [0.29, 0.717) is 13.0 Å². The van der Waals surface area contributed by atoms with E-state index >= 15 is 0 Å². The quantitative estimate of drug-likeness (QED) is 0.195. The minimum absolute atomic E-state index is 0.118. The maximum Gasteiger partial charge on any atom is 0.302 e.